The Balaban J connectivity index is 1.18. The smallest absolute Gasteiger partial charge is 0.253 e. The number of carbonyl (C=O) groups is 2. The summed E-state index contributed by atoms with van der Waals surface area (Å²) in [5.74, 6) is 1.31. The van der Waals surface area contributed by atoms with Crippen LogP contribution in [0.4, 0.5) is 0 Å². The van der Waals surface area contributed by atoms with Crippen molar-refractivity contribution in [2.75, 3.05) is 26.2 Å². The molecule has 3 aromatic rings. The van der Waals surface area contributed by atoms with Gasteiger partial charge in [-0.25, -0.2) is 4.98 Å². The summed E-state index contributed by atoms with van der Waals surface area (Å²) >= 11 is 6.01. The van der Waals surface area contributed by atoms with Gasteiger partial charge < -0.3 is 14.8 Å². The summed E-state index contributed by atoms with van der Waals surface area (Å²) in [6, 6.07) is 8.91. The first-order chi connectivity index (χ1) is 15.1. The van der Waals surface area contributed by atoms with E-state index in [1.165, 1.54) is 0 Å². The summed E-state index contributed by atoms with van der Waals surface area (Å²) < 4.78 is 0. The predicted octanol–water partition coefficient (Wildman–Crippen LogP) is 3.48. The van der Waals surface area contributed by atoms with Crippen LogP contribution in [0, 0.1) is 5.92 Å². The molecule has 0 spiro atoms. The van der Waals surface area contributed by atoms with E-state index in [4.69, 9.17) is 11.6 Å². The molecule has 2 saturated heterocycles. The Morgan fingerprint density at radius 1 is 1.06 bits per heavy atom. The molecule has 31 heavy (non-hydrogen) atoms. The fraction of sp³-hybridized carbons (Fsp3) is 0.391. The van der Waals surface area contributed by atoms with Gasteiger partial charge in [-0.3, -0.25) is 14.6 Å². The predicted molar refractivity (Wildman–Crippen MR) is 118 cm³/mol. The number of fused-ring (bicyclic) bond motifs is 1. The number of benzene rings is 1. The van der Waals surface area contributed by atoms with Crippen molar-refractivity contribution in [1.29, 1.82) is 0 Å². The van der Waals surface area contributed by atoms with E-state index in [0.717, 1.165) is 29.8 Å². The molecule has 0 radical (unpaired) electrons. The maximum Gasteiger partial charge on any atom is 0.253 e. The number of likely N-dealkylation sites (tertiary alicyclic amines) is 2. The van der Waals surface area contributed by atoms with Gasteiger partial charge in [0.05, 0.1) is 17.2 Å². The number of hydrogen-bond donors (Lipinski definition) is 1. The van der Waals surface area contributed by atoms with Crippen LogP contribution in [0.1, 0.15) is 41.4 Å². The topological polar surface area (TPSA) is 82.2 Å². The molecule has 5 rings (SSSR count). The van der Waals surface area contributed by atoms with Crippen LogP contribution in [0.25, 0.3) is 11.0 Å². The number of rotatable bonds is 3. The monoisotopic (exact) mass is 437 g/mol. The number of nitrogens with one attached hydrogen (secondary N) is 1. The lowest BCUT2D eigenvalue weighted by Gasteiger charge is -2.33. The molecule has 7 nitrogen and oxygen atoms in total. The van der Waals surface area contributed by atoms with Crippen LogP contribution in [-0.4, -0.2) is 62.7 Å². The molecule has 2 aliphatic rings. The lowest BCUT2D eigenvalue weighted by Crippen LogP contribution is -2.43. The zero-order valence-electron chi connectivity index (χ0n) is 17.1. The van der Waals surface area contributed by atoms with Gasteiger partial charge in [0.15, 0.2) is 0 Å². The van der Waals surface area contributed by atoms with Gasteiger partial charge in [-0.1, -0.05) is 17.7 Å². The van der Waals surface area contributed by atoms with E-state index < -0.39 is 0 Å². The summed E-state index contributed by atoms with van der Waals surface area (Å²) in [6.07, 6.45) is 5.82. The van der Waals surface area contributed by atoms with Crippen molar-refractivity contribution in [3.05, 3.63) is 59.1 Å². The number of H-pyrrole nitrogens is 1. The second-order valence-electron chi connectivity index (χ2n) is 8.36. The molecule has 0 saturated carbocycles. The highest BCUT2D eigenvalue weighted by Crippen LogP contribution is 2.30. The first kappa shape index (κ1) is 20.0. The van der Waals surface area contributed by atoms with Crippen LogP contribution in [0.2, 0.25) is 5.02 Å². The SMILES string of the molecule is O=C(c1cccc(Cl)c1)N1CCC(C(=O)N2CCC(c3nc4ccncc4[nH]3)C2)CC1. The summed E-state index contributed by atoms with van der Waals surface area (Å²) in [5, 5.41) is 0.556. The first-order valence-electron chi connectivity index (χ1n) is 10.7. The molecular weight excluding hydrogens is 414 g/mol. The molecule has 1 atom stereocenters. The highest BCUT2D eigenvalue weighted by Gasteiger charge is 2.35. The minimum absolute atomic E-state index is 0.0194. The van der Waals surface area contributed by atoms with Gasteiger partial charge in [-0.15, -0.1) is 0 Å². The Morgan fingerprint density at radius 3 is 2.65 bits per heavy atom. The average Bonchev–Trinajstić information content (AvgIpc) is 3.45. The molecule has 1 unspecified atom stereocenters. The minimum Gasteiger partial charge on any atom is -0.342 e. The van der Waals surface area contributed by atoms with Crippen LogP contribution in [0.5, 0.6) is 0 Å². The van der Waals surface area contributed by atoms with E-state index in [-0.39, 0.29) is 23.7 Å². The number of imidazole rings is 1. The summed E-state index contributed by atoms with van der Waals surface area (Å²) in [6.45, 7) is 2.62. The lowest BCUT2D eigenvalue weighted by atomic mass is 9.95. The second kappa shape index (κ2) is 8.30. The molecule has 160 valence electrons. The van der Waals surface area contributed by atoms with Gasteiger partial charge in [0.1, 0.15) is 5.82 Å². The molecule has 0 bridgehead atoms. The van der Waals surface area contributed by atoms with Crippen molar-refractivity contribution in [1.82, 2.24) is 24.8 Å². The van der Waals surface area contributed by atoms with Crippen LogP contribution >= 0.6 is 11.6 Å². The van der Waals surface area contributed by atoms with Crippen LogP contribution in [0.3, 0.4) is 0 Å². The Labute approximate surface area is 185 Å². The van der Waals surface area contributed by atoms with Crippen molar-refractivity contribution in [3.63, 3.8) is 0 Å². The number of carbonyl (C=O) groups excluding carboxylic acids is 2. The van der Waals surface area contributed by atoms with Crippen LogP contribution < -0.4 is 0 Å². The maximum absolute atomic E-state index is 13.1. The fourth-order valence-electron chi connectivity index (χ4n) is 4.65. The van der Waals surface area contributed by atoms with Crippen molar-refractivity contribution < 1.29 is 9.59 Å². The third-order valence-electron chi connectivity index (χ3n) is 6.39. The standard InChI is InChI=1S/C23H24ClN5O2/c24-18-3-1-2-16(12-18)23(31)28-9-5-15(6-10-28)22(30)29-11-7-17(14-29)21-26-19-4-8-25-13-20(19)27-21/h1-4,8,12-13,15,17H,5-7,9-11,14H2,(H,26,27). The van der Waals surface area contributed by atoms with Crippen LogP contribution in [-0.2, 0) is 4.79 Å². The van der Waals surface area contributed by atoms with Crippen molar-refractivity contribution in [2.24, 2.45) is 5.92 Å². The fourth-order valence-corrected chi connectivity index (χ4v) is 4.84. The molecule has 0 aliphatic carbocycles. The minimum atomic E-state index is -0.0259. The molecule has 2 aromatic heterocycles. The number of aromatic nitrogens is 3. The van der Waals surface area contributed by atoms with Gasteiger partial charge in [0.2, 0.25) is 5.91 Å². The Hall–Kier alpha value is -2.93. The highest BCUT2D eigenvalue weighted by molar-refractivity contribution is 6.30. The Morgan fingerprint density at radius 2 is 1.87 bits per heavy atom. The molecule has 8 heteroatoms. The highest BCUT2D eigenvalue weighted by atomic mass is 35.5. The molecule has 2 amide bonds. The molecule has 2 aliphatic heterocycles. The van der Waals surface area contributed by atoms with E-state index >= 15 is 0 Å². The third kappa shape index (κ3) is 4.02. The van der Waals surface area contributed by atoms with Crippen molar-refractivity contribution in [3.8, 4) is 0 Å². The molecular formula is C23H24ClN5O2. The van der Waals surface area contributed by atoms with Crippen molar-refractivity contribution >= 4 is 34.4 Å². The van der Waals surface area contributed by atoms with E-state index in [2.05, 4.69) is 15.0 Å². The normalized spacial score (nSPS) is 19.8. The van der Waals surface area contributed by atoms with Gasteiger partial charge in [0, 0.05) is 54.8 Å². The van der Waals surface area contributed by atoms with E-state index in [9.17, 15) is 9.59 Å². The van der Waals surface area contributed by atoms with Gasteiger partial charge in [0.25, 0.3) is 5.91 Å². The number of aromatic amines is 1. The molecule has 2 fully saturated rings. The Kier molecular flexibility index (Phi) is 5.36. The van der Waals surface area contributed by atoms with Gasteiger partial charge in [-0.05, 0) is 43.5 Å². The molecule has 1 N–H and O–H groups in total. The average molecular weight is 438 g/mol. The first-order valence-corrected chi connectivity index (χ1v) is 11.1. The zero-order chi connectivity index (χ0) is 21.4. The van der Waals surface area contributed by atoms with E-state index in [1.807, 2.05) is 15.9 Å². The van der Waals surface area contributed by atoms with Crippen molar-refractivity contribution in [2.45, 2.75) is 25.2 Å². The number of piperidine rings is 1. The maximum atomic E-state index is 13.1. The molecule has 4 heterocycles. The summed E-state index contributed by atoms with van der Waals surface area (Å²) in [4.78, 5) is 41.8. The van der Waals surface area contributed by atoms with E-state index in [0.29, 0.717) is 43.1 Å². The number of hydrogen-bond acceptors (Lipinski definition) is 4. The number of amides is 2. The molecule has 1 aromatic carbocycles. The summed E-state index contributed by atoms with van der Waals surface area (Å²) in [7, 11) is 0. The van der Waals surface area contributed by atoms with E-state index in [1.54, 1.807) is 36.7 Å². The van der Waals surface area contributed by atoms with Gasteiger partial charge in [-0.2, -0.15) is 0 Å². The number of pyridine rings is 1. The number of nitrogens with zero attached hydrogens (tertiary/aromatic N) is 4. The van der Waals surface area contributed by atoms with Crippen LogP contribution in [0.15, 0.2) is 42.7 Å². The largest absolute Gasteiger partial charge is 0.342 e. The summed E-state index contributed by atoms with van der Waals surface area (Å²) in [5.41, 5.74) is 2.44. The second-order valence-corrected chi connectivity index (χ2v) is 8.80. The quantitative estimate of drug-likeness (QED) is 0.680. The number of halogens is 1. The lowest BCUT2D eigenvalue weighted by molar-refractivity contribution is -0.135. The zero-order valence-corrected chi connectivity index (χ0v) is 17.9. The van der Waals surface area contributed by atoms with Gasteiger partial charge >= 0.3 is 0 Å². The Bertz CT molecular complexity index is 1090. The third-order valence-corrected chi connectivity index (χ3v) is 6.63.